The van der Waals surface area contributed by atoms with E-state index in [4.69, 9.17) is 20.5 Å². The highest BCUT2D eigenvalue weighted by Gasteiger charge is 2.35. The topological polar surface area (TPSA) is 18.5 Å². The molecule has 0 spiro atoms. The Morgan fingerprint density at radius 2 is 1.44 bits per heavy atom. The second-order valence-electron chi connectivity index (χ2n) is 4.15. The summed E-state index contributed by atoms with van der Waals surface area (Å²) in [5.41, 5.74) is 0. The fraction of sp³-hybridized carbons (Fsp3) is 1.00. The monoisotopic (exact) mass is 266 g/mol. The van der Waals surface area contributed by atoms with Gasteiger partial charge in [-0.2, -0.15) is 0 Å². The van der Waals surface area contributed by atoms with Crippen molar-refractivity contribution >= 4 is 20.2 Å². The highest BCUT2D eigenvalue weighted by Crippen LogP contribution is 2.23. The lowest BCUT2D eigenvalue weighted by atomic mass is 10.4. The van der Waals surface area contributed by atoms with Crippen LogP contribution in [0.3, 0.4) is 0 Å². The summed E-state index contributed by atoms with van der Waals surface area (Å²) >= 11 is 5.90. The molecule has 2 nitrogen and oxygen atoms in total. The molecule has 0 aliphatic rings. The van der Waals surface area contributed by atoms with Gasteiger partial charge in [0.15, 0.2) is 0 Å². The summed E-state index contributed by atoms with van der Waals surface area (Å²) in [5, 5.41) is 0. The molecule has 0 aromatic rings. The van der Waals surface area contributed by atoms with E-state index in [1.807, 2.05) is 0 Å². The van der Waals surface area contributed by atoms with Gasteiger partial charge >= 0.3 is 8.56 Å². The average molecular weight is 267 g/mol. The molecule has 0 fully saturated rings. The molecule has 0 saturated heterocycles. The number of alkyl halides is 1. The fourth-order valence-corrected chi connectivity index (χ4v) is 5.73. The molecule has 0 bridgehead atoms. The molecule has 0 rings (SSSR count). The molecule has 4 heteroatoms. The smallest absolute Gasteiger partial charge is 0.339 e. The van der Waals surface area contributed by atoms with Crippen molar-refractivity contribution in [3.8, 4) is 0 Å². The second kappa shape index (κ2) is 10.6. The normalized spacial score (nSPS) is 12.0. The first-order valence-corrected chi connectivity index (χ1v) is 9.35. The molecule has 0 atom stereocenters. The van der Waals surface area contributed by atoms with E-state index >= 15 is 0 Å². The molecule has 0 N–H and O–H groups in total. The number of hydrogen-bond donors (Lipinski definition) is 0. The third-order valence-electron chi connectivity index (χ3n) is 2.53. The maximum Gasteiger partial charge on any atom is 0.339 e. The number of halogens is 1. The summed E-state index contributed by atoms with van der Waals surface area (Å²) in [6, 6.07) is 2.02. The van der Waals surface area contributed by atoms with Crippen LogP contribution >= 0.6 is 11.6 Å². The van der Waals surface area contributed by atoms with Crippen molar-refractivity contribution in [2.75, 3.05) is 19.1 Å². The fourth-order valence-electron chi connectivity index (χ4n) is 1.62. The van der Waals surface area contributed by atoms with Gasteiger partial charge < -0.3 is 8.85 Å². The van der Waals surface area contributed by atoms with Gasteiger partial charge in [-0.15, -0.1) is 11.6 Å². The predicted molar refractivity (Wildman–Crippen MR) is 73.5 cm³/mol. The van der Waals surface area contributed by atoms with Gasteiger partial charge in [0.1, 0.15) is 0 Å². The SMILES string of the molecule is CCCC[Si](CCCl)(OCCC)OCCC. The van der Waals surface area contributed by atoms with E-state index < -0.39 is 8.56 Å². The van der Waals surface area contributed by atoms with Crippen LogP contribution in [0.1, 0.15) is 46.5 Å². The Kier molecular flexibility index (Phi) is 10.9. The predicted octanol–water partition coefficient (Wildman–Crippen LogP) is 4.32. The summed E-state index contributed by atoms with van der Waals surface area (Å²) in [6.45, 7) is 8.12. The average Bonchev–Trinajstić information content (AvgIpc) is 2.31. The van der Waals surface area contributed by atoms with E-state index in [-0.39, 0.29) is 0 Å². The molecule has 0 unspecified atom stereocenters. The largest absolute Gasteiger partial charge is 0.394 e. The van der Waals surface area contributed by atoms with Gasteiger partial charge in [-0.05, 0) is 18.9 Å². The van der Waals surface area contributed by atoms with Gasteiger partial charge in [0.05, 0.1) is 0 Å². The minimum atomic E-state index is -1.99. The Labute approximate surface area is 107 Å². The molecule has 0 aliphatic carbocycles. The minimum absolute atomic E-state index is 0.656. The zero-order valence-corrected chi connectivity index (χ0v) is 12.8. The number of unbranched alkanes of at least 4 members (excludes halogenated alkanes) is 1. The highest BCUT2D eigenvalue weighted by atomic mass is 35.5. The van der Waals surface area contributed by atoms with E-state index in [9.17, 15) is 0 Å². The quantitative estimate of drug-likeness (QED) is 0.410. The number of hydrogen-bond acceptors (Lipinski definition) is 2. The molecular weight excluding hydrogens is 240 g/mol. The van der Waals surface area contributed by atoms with Gasteiger partial charge in [-0.1, -0.05) is 33.6 Å². The van der Waals surface area contributed by atoms with Crippen LogP contribution in [0.15, 0.2) is 0 Å². The Morgan fingerprint density at radius 1 is 0.875 bits per heavy atom. The molecule has 0 amide bonds. The Bertz CT molecular complexity index is 134. The van der Waals surface area contributed by atoms with Crippen molar-refractivity contribution in [1.82, 2.24) is 0 Å². The van der Waals surface area contributed by atoms with Crippen LogP contribution in [-0.2, 0) is 8.85 Å². The molecule has 0 aliphatic heterocycles. The summed E-state index contributed by atoms with van der Waals surface area (Å²) in [4.78, 5) is 0. The first-order valence-electron chi connectivity index (χ1n) is 6.58. The maximum absolute atomic E-state index is 6.06. The molecule has 0 aromatic heterocycles. The second-order valence-corrected chi connectivity index (χ2v) is 7.93. The standard InChI is InChI=1S/C12H27ClO2Si/c1-4-7-11-16(12-8-13,14-9-5-2)15-10-6-3/h4-12H2,1-3H3. The molecule has 0 radical (unpaired) electrons. The molecule has 0 heterocycles. The summed E-state index contributed by atoms with van der Waals surface area (Å²) < 4.78 is 12.1. The van der Waals surface area contributed by atoms with E-state index in [1.165, 1.54) is 12.8 Å². The van der Waals surface area contributed by atoms with Gasteiger partial charge in [-0.3, -0.25) is 0 Å². The molecule has 0 saturated carbocycles. The van der Waals surface area contributed by atoms with Crippen molar-refractivity contribution in [3.05, 3.63) is 0 Å². The first-order chi connectivity index (χ1) is 7.74. The van der Waals surface area contributed by atoms with Crippen molar-refractivity contribution in [1.29, 1.82) is 0 Å². The molecular formula is C12H27ClO2Si. The summed E-state index contributed by atoms with van der Waals surface area (Å²) in [5.74, 6) is 0.656. The van der Waals surface area contributed by atoms with Gasteiger partial charge in [0.2, 0.25) is 0 Å². The first kappa shape index (κ1) is 16.4. The third kappa shape index (κ3) is 6.89. The van der Waals surface area contributed by atoms with Gasteiger partial charge in [-0.25, -0.2) is 0 Å². The zero-order valence-electron chi connectivity index (χ0n) is 11.1. The van der Waals surface area contributed by atoms with E-state index in [0.29, 0.717) is 5.88 Å². The third-order valence-corrected chi connectivity index (χ3v) is 6.62. The lowest BCUT2D eigenvalue weighted by molar-refractivity contribution is 0.167. The van der Waals surface area contributed by atoms with Crippen LogP contribution in [0, 0.1) is 0 Å². The van der Waals surface area contributed by atoms with Crippen LogP contribution < -0.4 is 0 Å². The Morgan fingerprint density at radius 3 is 1.81 bits per heavy atom. The molecule has 16 heavy (non-hydrogen) atoms. The maximum atomic E-state index is 6.06. The zero-order chi connectivity index (χ0) is 12.3. The molecule has 0 aromatic carbocycles. The van der Waals surface area contributed by atoms with Crippen LogP contribution in [0.4, 0.5) is 0 Å². The summed E-state index contributed by atoms with van der Waals surface area (Å²) in [7, 11) is -1.99. The van der Waals surface area contributed by atoms with Crippen molar-refractivity contribution < 1.29 is 8.85 Å². The minimum Gasteiger partial charge on any atom is -0.394 e. The van der Waals surface area contributed by atoms with E-state index in [0.717, 1.165) is 38.1 Å². The van der Waals surface area contributed by atoms with Crippen LogP contribution in [0.25, 0.3) is 0 Å². The van der Waals surface area contributed by atoms with Crippen molar-refractivity contribution in [2.45, 2.75) is 58.5 Å². The van der Waals surface area contributed by atoms with E-state index in [2.05, 4.69) is 20.8 Å². The van der Waals surface area contributed by atoms with Gasteiger partial charge in [0, 0.05) is 25.1 Å². The van der Waals surface area contributed by atoms with Crippen molar-refractivity contribution in [2.24, 2.45) is 0 Å². The lowest BCUT2D eigenvalue weighted by Gasteiger charge is -2.30. The Balaban J connectivity index is 4.32. The van der Waals surface area contributed by atoms with Crippen molar-refractivity contribution in [3.63, 3.8) is 0 Å². The van der Waals surface area contributed by atoms with Gasteiger partial charge in [0.25, 0.3) is 0 Å². The molecule has 98 valence electrons. The van der Waals surface area contributed by atoms with E-state index in [1.54, 1.807) is 0 Å². The highest BCUT2D eigenvalue weighted by molar-refractivity contribution is 6.68. The van der Waals surface area contributed by atoms with Crippen LogP contribution in [-0.4, -0.2) is 27.7 Å². The Hall–Kier alpha value is 0.427. The number of rotatable bonds is 11. The van der Waals surface area contributed by atoms with Crippen LogP contribution in [0.5, 0.6) is 0 Å². The van der Waals surface area contributed by atoms with Crippen LogP contribution in [0.2, 0.25) is 12.1 Å². The summed E-state index contributed by atoms with van der Waals surface area (Å²) in [6.07, 6.45) is 4.50. The lowest BCUT2D eigenvalue weighted by Crippen LogP contribution is -2.43.